The molecule has 6 rings (SSSR count). The molecule has 2 aromatic carbocycles. The number of oxime groups is 1. The lowest BCUT2D eigenvalue weighted by Crippen LogP contribution is -1.97. The second kappa shape index (κ2) is 16.7. The number of hydrogen-bond acceptors (Lipinski definition) is 11. The molecule has 4 heterocycles. The van der Waals surface area contributed by atoms with Gasteiger partial charge in [0.2, 0.25) is 11.8 Å². The lowest BCUT2D eigenvalue weighted by Gasteiger charge is -2.08. The Kier molecular flexibility index (Phi) is 12.8. The number of fused-ring (bicyclic) bond motifs is 2. The predicted molar refractivity (Wildman–Crippen MR) is 169 cm³/mol. The maximum absolute atomic E-state index is 11.0. The second-order valence-electron chi connectivity index (χ2n) is 8.19. The highest BCUT2D eigenvalue weighted by Gasteiger charge is 2.12. The molecule has 16 heteroatoms. The average molecular weight is 660 g/mol. The minimum absolute atomic E-state index is 0. The van der Waals surface area contributed by atoms with Gasteiger partial charge >= 0.3 is 0 Å². The number of ether oxygens (including phenoxy) is 2. The molecule has 0 saturated heterocycles. The van der Waals surface area contributed by atoms with Crippen LogP contribution < -0.4 is 15.4 Å². The molecular weight excluding hydrogens is 635 g/mol. The van der Waals surface area contributed by atoms with Gasteiger partial charge in [-0.05, 0) is 48.5 Å². The molecule has 228 valence electrons. The number of aromatic amines is 2. The van der Waals surface area contributed by atoms with Crippen LogP contribution in [0.5, 0.6) is 23.3 Å². The van der Waals surface area contributed by atoms with Crippen molar-refractivity contribution in [3.63, 3.8) is 0 Å². The van der Waals surface area contributed by atoms with Crippen LogP contribution in [0.1, 0.15) is 15.9 Å². The summed E-state index contributed by atoms with van der Waals surface area (Å²) in [5.41, 5.74) is 2.63. The van der Waals surface area contributed by atoms with Crippen LogP contribution in [-0.2, 0) is 9.68 Å². The molecule has 0 aliphatic rings. The van der Waals surface area contributed by atoms with E-state index in [2.05, 4.69) is 50.6 Å². The summed E-state index contributed by atoms with van der Waals surface area (Å²) in [6.07, 6.45) is 8.27. The number of carbonyl (C=O) groups is 1. The number of rotatable bonds is 7. The zero-order valence-electron chi connectivity index (χ0n) is 23.1. The van der Waals surface area contributed by atoms with Gasteiger partial charge in [-0.25, -0.2) is 25.8 Å². The molecule has 0 saturated carbocycles. The first kappa shape index (κ1) is 33.7. The van der Waals surface area contributed by atoms with Crippen LogP contribution in [0.2, 0.25) is 10.3 Å². The summed E-state index contributed by atoms with van der Waals surface area (Å²) < 4.78 is 11.3. The number of halogens is 3. The predicted octanol–water partition coefficient (Wildman–Crippen LogP) is 6.53. The minimum Gasteiger partial charge on any atom is -0.438 e. The first-order valence-electron chi connectivity index (χ1n) is 12.2. The molecule has 0 bridgehead atoms. The van der Waals surface area contributed by atoms with Crippen molar-refractivity contribution in [3.05, 3.63) is 95.0 Å². The number of aromatic nitrogens is 6. The summed E-state index contributed by atoms with van der Waals surface area (Å²) in [6, 6.07) is 15.1. The van der Waals surface area contributed by atoms with Crippen LogP contribution in [0.4, 0.5) is 0 Å². The van der Waals surface area contributed by atoms with Gasteiger partial charge in [0, 0.05) is 34.2 Å². The normalized spacial score (nSPS) is 10.3. The maximum atomic E-state index is 11.0. The fraction of sp³-hybridized carbons (Fsp3) is 0.0714. The van der Waals surface area contributed by atoms with Crippen molar-refractivity contribution in [3.8, 4) is 23.3 Å². The van der Waals surface area contributed by atoms with Crippen molar-refractivity contribution in [1.29, 1.82) is 0 Å². The van der Waals surface area contributed by atoms with E-state index in [1.54, 1.807) is 6.07 Å². The van der Waals surface area contributed by atoms with E-state index >= 15 is 0 Å². The Hall–Kier alpha value is -4.79. The van der Waals surface area contributed by atoms with E-state index in [0.717, 1.165) is 21.8 Å². The van der Waals surface area contributed by atoms with Crippen LogP contribution in [0.3, 0.4) is 0 Å². The average Bonchev–Trinajstić information content (AvgIpc) is 3.67. The van der Waals surface area contributed by atoms with E-state index in [1.165, 1.54) is 33.1 Å². The fourth-order valence-electron chi connectivity index (χ4n) is 3.61. The van der Waals surface area contributed by atoms with Crippen molar-refractivity contribution in [1.82, 2.24) is 29.9 Å². The molecular formula is C28H25Cl3N8O5. The monoisotopic (exact) mass is 658 g/mol. The number of nitrogens with zero attached hydrogens (tertiary/aromatic N) is 5. The number of hydrogen-bond donors (Lipinski definition) is 3. The van der Waals surface area contributed by atoms with E-state index < -0.39 is 0 Å². The van der Waals surface area contributed by atoms with Crippen LogP contribution in [0.15, 0.2) is 78.7 Å². The lowest BCUT2D eigenvalue weighted by molar-refractivity contribution is 0.112. The van der Waals surface area contributed by atoms with Crippen LogP contribution in [-0.4, -0.2) is 56.6 Å². The van der Waals surface area contributed by atoms with Gasteiger partial charge in [-0.2, -0.15) is 0 Å². The first-order chi connectivity index (χ1) is 21.0. The molecule has 13 nitrogen and oxygen atoms in total. The van der Waals surface area contributed by atoms with Gasteiger partial charge in [-0.1, -0.05) is 28.4 Å². The summed E-state index contributed by atoms with van der Waals surface area (Å²) in [6.45, 7) is 0. The number of nitrogens with one attached hydrogen (secondary N) is 2. The smallest absolute Gasteiger partial charge is 0.234 e. The van der Waals surface area contributed by atoms with Gasteiger partial charge in [0.1, 0.15) is 47.1 Å². The SMILES string of the molecule is CO/N=C/c1c(Cl)ncnc1Oc1ccc2[nH]ccc2c1.CON.Cl.O=Cc1c(Cl)ncnc1Oc1ccc2[nH]ccc2c1. The third-order valence-electron chi connectivity index (χ3n) is 5.48. The molecule has 0 aliphatic carbocycles. The quantitative estimate of drug-likeness (QED) is 0.0739. The Morgan fingerprint density at radius 2 is 1.25 bits per heavy atom. The third-order valence-corrected chi connectivity index (χ3v) is 6.08. The molecule has 0 aliphatic heterocycles. The topological polar surface area (TPSA) is 176 Å². The molecule has 4 N–H and O–H groups in total. The molecule has 0 fully saturated rings. The van der Waals surface area contributed by atoms with Gasteiger partial charge in [0.15, 0.2) is 6.29 Å². The van der Waals surface area contributed by atoms with Crippen molar-refractivity contribution in [2.24, 2.45) is 11.1 Å². The largest absolute Gasteiger partial charge is 0.438 e. The van der Waals surface area contributed by atoms with Crippen molar-refractivity contribution in [2.75, 3.05) is 14.2 Å². The summed E-state index contributed by atoms with van der Waals surface area (Å²) in [7, 11) is 2.84. The molecule has 44 heavy (non-hydrogen) atoms. The molecule has 4 aromatic heterocycles. The summed E-state index contributed by atoms with van der Waals surface area (Å²) in [5, 5.41) is 6.03. The van der Waals surface area contributed by atoms with E-state index in [-0.39, 0.29) is 34.2 Å². The molecule has 6 aromatic rings. The highest BCUT2D eigenvalue weighted by Crippen LogP contribution is 2.29. The third kappa shape index (κ3) is 8.63. The van der Waals surface area contributed by atoms with E-state index in [0.29, 0.717) is 29.2 Å². The van der Waals surface area contributed by atoms with Crippen LogP contribution >= 0.6 is 35.6 Å². The standard InChI is InChI=1S/C14H11ClN4O2.C13H8ClN3O2.CH5NO.ClH/c1-20-19-7-11-13(15)17-8-18-14(11)21-10-2-3-12-9(6-10)4-5-16-12;14-12-10(6-18)13(17-7-16-12)19-9-1-2-11-8(5-9)3-4-15-11;1-3-2;/h2-8,16H,1H3;1-7,15H;2H2,1H3;1H/b19-7+;;;. The van der Waals surface area contributed by atoms with Crippen molar-refractivity contribution < 1.29 is 23.9 Å². The van der Waals surface area contributed by atoms with Gasteiger partial charge in [0.05, 0.1) is 18.9 Å². The zero-order chi connectivity index (χ0) is 30.6. The number of benzene rings is 2. The summed E-state index contributed by atoms with van der Waals surface area (Å²) >= 11 is 11.8. The highest BCUT2D eigenvalue weighted by atomic mass is 35.5. The van der Waals surface area contributed by atoms with E-state index in [4.69, 9.17) is 32.7 Å². The Morgan fingerprint density at radius 1 is 0.773 bits per heavy atom. The highest BCUT2D eigenvalue weighted by molar-refractivity contribution is 6.32. The van der Waals surface area contributed by atoms with Gasteiger partial charge in [0.25, 0.3) is 0 Å². The van der Waals surface area contributed by atoms with Crippen molar-refractivity contribution >= 4 is 69.9 Å². The van der Waals surface area contributed by atoms with Crippen LogP contribution in [0.25, 0.3) is 21.8 Å². The molecule has 0 atom stereocenters. The Bertz CT molecular complexity index is 1850. The number of carbonyl (C=O) groups excluding carboxylic acids is 1. The van der Waals surface area contributed by atoms with Gasteiger partial charge in [-0.15, -0.1) is 12.4 Å². The summed E-state index contributed by atoms with van der Waals surface area (Å²) in [5.74, 6) is 6.02. The Balaban J connectivity index is 0.000000217. The molecule has 0 unspecified atom stereocenters. The second-order valence-corrected chi connectivity index (χ2v) is 8.91. The van der Waals surface area contributed by atoms with Gasteiger partial charge in [-0.3, -0.25) is 4.79 Å². The Morgan fingerprint density at radius 3 is 1.73 bits per heavy atom. The number of aldehydes is 1. The first-order valence-corrected chi connectivity index (χ1v) is 13.0. The molecule has 0 spiro atoms. The van der Waals surface area contributed by atoms with E-state index in [1.807, 2.05) is 54.9 Å². The minimum atomic E-state index is 0. The lowest BCUT2D eigenvalue weighted by atomic mass is 10.2. The maximum Gasteiger partial charge on any atom is 0.234 e. The van der Waals surface area contributed by atoms with Gasteiger partial charge < -0.3 is 29.1 Å². The van der Waals surface area contributed by atoms with E-state index in [9.17, 15) is 4.79 Å². The molecule has 0 amide bonds. The van der Waals surface area contributed by atoms with Crippen LogP contribution in [0, 0.1) is 0 Å². The molecule has 0 radical (unpaired) electrons. The number of nitrogens with two attached hydrogens (primary N) is 1. The fourth-order valence-corrected chi connectivity index (χ4v) is 3.95. The summed E-state index contributed by atoms with van der Waals surface area (Å²) in [4.78, 5) is 41.2. The number of H-pyrrole nitrogens is 2. The zero-order valence-corrected chi connectivity index (χ0v) is 25.4. The van der Waals surface area contributed by atoms with Crippen molar-refractivity contribution in [2.45, 2.75) is 0 Å². The Labute approximate surface area is 266 Å².